The van der Waals surface area contributed by atoms with Crippen LogP contribution in [-0.2, 0) is 0 Å². The largest absolute Gasteiger partial charge is 0.345 e. The SMILES string of the molecule is CCCCCCCCCCCCCCCCN1CC[N+](C)=C1Cl. The molecule has 0 unspecified atom stereocenters. The van der Waals surface area contributed by atoms with Crippen molar-refractivity contribution in [2.45, 2.75) is 96.8 Å². The van der Waals surface area contributed by atoms with Crippen molar-refractivity contribution in [3.63, 3.8) is 0 Å². The number of likely N-dealkylation sites (N-methyl/N-ethyl adjacent to an activating group) is 1. The summed E-state index contributed by atoms with van der Waals surface area (Å²) in [5, 5.41) is 0.944. The average Bonchev–Trinajstić information content (AvgIpc) is 2.87. The molecule has 0 aromatic rings. The fourth-order valence-corrected chi connectivity index (χ4v) is 3.65. The first-order valence-corrected chi connectivity index (χ1v) is 10.6. The topological polar surface area (TPSA) is 6.25 Å². The molecule has 0 amide bonds. The van der Waals surface area contributed by atoms with Crippen LogP contribution in [0.4, 0.5) is 0 Å². The molecule has 0 bridgehead atoms. The van der Waals surface area contributed by atoms with E-state index in [4.69, 9.17) is 11.6 Å². The van der Waals surface area contributed by atoms with Crippen LogP contribution in [0, 0.1) is 0 Å². The van der Waals surface area contributed by atoms with Gasteiger partial charge in [0.05, 0.1) is 13.6 Å². The van der Waals surface area contributed by atoms with Gasteiger partial charge in [0, 0.05) is 11.6 Å². The van der Waals surface area contributed by atoms with Crippen LogP contribution in [0.2, 0.25) is 0 Å². The third-order valence-corrected chi connectivity index (χ3v) is 5.59. The predicted octanol–water partition coefficient (Wildman–Crippen LogP) is 6.02. The minimum absolute atomic E-state index is 0.944. The van der Waals surface area contributed by atoms with Crippen molar-refractivity contribution < 1.29 is 4.58 Å². The van der Waals surface area contributed by atoms with Crippen molar-refractivity contribution in [2.24, 2.45) is 0 Å². The van der Waals surface area contributed by atoms with Gasteiger partial charge in [-0.1, -0.05) is 84.0 Å². The molecular weight excluding hydrogens is 304 g/mol. The summed E-state index contributed by atoms with van der Waals surface area (Å²) in [6, 6.07) is 0. The number of hydrogen-bond acceptors (Lipinski definition) is 1. The first-order chi connectivity index (χ1) is 11.3. The summed E-state index contributed by atoms with van der Waals surface area (Å²) >= 11 is 6.26. The Hall–Kier alpha value is -0.240. The van der Waals surface area contributed by atoms with E-state index in [1.54, 1.807) is 0 Å². The van der Waals surface area contributed by atoms with E-state index >= 15 is 0 Å². The molecule has 0 aromatic carbocycles. The lowest BCUT2D eigenvalue weighted by atomic mass is 10.0. The van der Waals surface area contributed by atoms with Crippen LogP contribution in [0.25, 0.3) is 0 Å². The molecule has 0 saturated carbocycles. The number of nitrogens with zero attached hydrogens (tertiary/aromatic N) is 2. The molecule has 0 atom stereocenters. The van der Waals surface area contributed by atoms with E-state index in [-0.39, 0.29) is 0 Å². The molecule has 0 saturated heterocycles. The molecule has 1 heterocycles. The van der Waals surface area contributed by atoms with Gasteiger partial charge in [-0.2, -0.15) is 0 Å². The second kappa shape index (κ2) is 14.1. The first-order valence-electron chi connectivity index (χ1n) is 10.2. The zero-order valence-electron chi connectivity index (χ0n) is 15.8. The van der Waals surface area contributed by atoms with E-state index in [2.05, 4.69) is 23.4 Å². The van der Waals surface area contributed by atoms with E-state index in [1.165, 1.54) is 89.9 Å². The van der Waals surface area contributed by atoms with Gasteiger partial charge in [0.25, 0.3) is 0 Å². The zero-order chi connectivity index (χ0) is 16.8. The second-order valence-electron chi connectivity index (χ2n) is 7.27. The Bertz CT molecular complexity index is 315. The van der Waals surface area contributed by atoms with Gasteiger partial charge in [0.1, 0.15) is 13.1 Å². The molecule has 3 heteroatoms. The number of rotatable bonds is 15. The molecule has 0 radical (unpaired) electrons. The van der Waals surface area contributed by atoms with Crippen molar-refractivity contribution in [1.82, 2.24) is 4.90 Å². The fourth-order valence-electron chi connectivity index (χ4n) is 3.40. The van der Waals surface area contributed by atoms with Gasteiger partial charge in [-0.05, 0) is 12.8 Å². The standard InChI is InChI=1S/C20H40ClN2/c1-3-4-5-6-7-8-9-10-11-12-13-14-15-16-17-23-19-18-22(2)20(23)21/h3-19H2,1-2H3/q+1. The molecule has 0 aliphatic carbocycles. The summed E-state index contributed by atoms with van der Waals surface area (Å²) in [7, 11) is 2.08. The van der Waals surface area contributed by atoms with Crippen LogP contribution >= 0.6 is 11.6 Å². The summed E-state index contributed by atoms with van der Waals surface area (Å²) < 4.78 is 2.14. The number of amidine groups is 1. The third kappa shape index (κ3) is 10.3. The Kier molecular flexibility index (Phi) is 12.8. The molecule has 0 aromatic heterocycles. The molecule has 1 rings (SSSR count). The minimum atomic E-state index is 0.944. The minimum Gasteiger partial charge on any atom is -0.250 e. The molecule has 1 aliphatic heterocycles. The van der Waals surface area contributed by atoms with Gasteiger partial charge in [-0.25, -0.2) is 4.90 Å². The van der Waals surface area contributed by atoms with E-state index in [9.17, 15) is 0 Å². The highest BCUT2D eigenvalue weighted by molar-refractivity contribution is 6.63. The normalized spacial score (nSPS) is 15.0. The molecule has 23 heavy (non-hydrogen) atoms. The van der Waals surface area contributed by atoms with Gasteiger partial charge in [-0.15, -0.1) is 0 Å². The lowest BCUT2D eigenvalue weighted by Gasteiger charge is -2.08. The molecule has 1 aliphatic rings. The lowest BCUT2D eigenvalue weighted by Crippen LogP contribution is -2.26. The van der Waals surface area contributed by atoms with Crippen molar-refractivity contribution in [3.05, 3.63) is 0 Å². The van der Waals surface area contributed by atoms with Gasteiger partial charge in [0.2, 0.25) is 0 Å². The number of hydrogen-bond donors (Lipinski definition) is 0. The predicted molar refractivity (Wildman–Crippen MR) is 104 cm³/mol. The van der Waals surface area contributed by atoms with Gasteiger partial charge >= 0.3 is 5.29 Å². The van der Waals surface area contributed by atoms with Crippen molar-refractivity contribution in [1.29, 1.82) is 0 Å². The summed E-state index contributed by atoms with van der Waals surface area (Å²) in [4.78, 5) is 2.32. The Balaban J connectivity index is 1.75. The highest BCUT2D eigenvalue weighted by Crippen LogP contribution is 2.13. The molecular formula is C20H40ClN2+. The van der Waals surface area contributed by atoms with Crippen molar-refractivity contribution in [2.75, 3.05) is 26.7 Å². The van der Waals surface area contributed by atoms with Gasteiger partial charge in [0.15, 0.2) is 0 Å². The van der Waals surface area contributed by atoms with Crippen LogP contribution < -0.4 is 0 Å². The lowest BCUT2D eigenvalue weighted by molar-refractivity contribution is -0.484. The Labute approximate surface area is 150 Å². The highest BCUT2D eigenvalue weighted by Gasteiger charge is 2.25. The summed E-state index contributed by atoms with van der Waals surface area (Å²) in [6.45, 7) is 5.62. The van der Waals surface area contributed by atoms with E-state index in [0.29, 0.717) is 0 Å². The molecule has 2 nitrogen and oxygen atoms in total. The summed E-state index contributed by atoms with van der Waals surface area (Å²) in [5.41, 5.74) is 0. The van der Waals surface area contributed by atoms with Crippen LogP contribution in [0.5, 0.6) is 0 Å². The van der Waals surface area contributed by atoms with E-state index in [1.807, 2.05) is 0 Å². The maximum absolute atomic E-state index is 6.26. The average molecular weight is 344 g/mol. The van der Waals surface area contributed by atoms with Gasteiger partial charge in [-0.3, -0.25) is 4.58 Å². The van der Waals surface area contributed by atoms with Crippen LogP contribution in [-0.4, -0.2) is 41.5 Å². The Morgan fingerprint density at radius 3 is 1.61 bits per heavy atom. The van der Waals surface area contributed by atoms with Crippen LogP contribution in [0.1, 0.15) is 96.8 Å². The quantitative estimate of drug-likeness (QED) is 0.200. The smallest absolute Gasteiger partial charge is 0.250 e. The summed E-state index contributed by atoms with van der Waals surface area (Å²) in [5.74, 6) is 0. The third-order valence-electron chi connectivity index (χ3n) is 5.06. The van der Waals surface area contributed by atoms with Crippen molar-refractivity contribution in [3.8, 4) is 0 Å². The first kappa shape index (κ1) is 20.8. The zero-order valence-corrected chi connectivity index (χ0v) is 16.5. The Morgan fingerprint density at radius 2 is 1.22 bits per heavy atom. The Morgan fingerprint density at radius 1 is 0.783 bits per heavy atom. The summed E-state index contributed by atoms with van der Waals surface area (Å²) in [6.07, 6.45) is 19.9. The molecule has 136 valence electrons. The fraction of sp³-hybridized carbons (Fsp3) is 0.950. The highest BCUT2D eigenvalue weighted by atomic mass is 35.5. The van der Waals surface area contributed by atoms with Gasteiger partial charge < -0.3 is 0 Å². The number of halogens is 1. The maximum Gasteiger partial charge on any atom is 0.345 e. The molecule has 0 spiro atoms. The monoisotopic (exact) mass is 343 g/mol. The maximum atomic E-state index is 6.26. The van der Waals surface area contributed by atoms with Crippen LogP contribution in [0.15, 0.2) is 0 Å². The van der Waals surface area contributed by atoms with Crippen LogP contribution in [0.3, 0.4) is 0 Å². The number of unbranched alkanes of at least 4 members (excludes halogenated alkanes) is 13. The van der Waals surface area contributed by atoms with Crippen molar-refractivity contribution >= 4 is 16.9 Å². The molecule has 0 N–H and O–H groups in total. The van der Waals surface area contributed by atoms with E-state index < -0.39 is 0 Å². The molecule has 0 fully saturated rings. The van der Waals surface area contributed by atoms with E-state index in [0.717, 1.165) is 24.9 Å². The second-order valence-corrected chi connectivity index (χ2v) is 7.61.